The van der Waals surface area contributed by atoms with E-state index >= 15 is 0 Å². The fourth-order valence-electron chi connectivity index (χ4n) is 3.44. The maximum Gasteiger partial charge on any atom is 0.222 e. The molecule has 160 valence electrons. The van der Waals surface area contributed by atoms with Crippen LogP contribution in [-0.4, -0.2) is 36.7 Å². The van der Waals surface area contributed by atoms with Crippen LogP contribution in [-0.2, 0) is 9.84 Å². The molecule has 4 aromatic rings. The number of nitriles is 1. The van der Waals surface area contributed by atoms with Crippen LogP contribution in [0.5, 0.6) is 0 Å². The molecule has 10 heteroatoms. The van der Waals surface area contributed by atoms with E-state index in [1.165, 1.54) is 29.3 Å². The second kappa shape index (κ2) is 7.86. The highest BCUT2D eigenvalue weighted by Gasteiger charge is 2.23. The topological polar surface area (TPSA) is 126 Å². The minimum atomic E-state index is -3.61. The van der Waals surface area contributed by atoms with Crippen LogP contribution in [0.1, 0.15) is 5.56 Å². The van der Waals surface area contributed by atoms with E-state index < -0.39 is 15.7 Å². The predicted octanol–water partition coefficient (Wildman–Crippen LogP) is 3.46. The van der Waals surface area contributed by atoms with Gasteiger partial charge in [-0.2, -0.15) is 10.2 Å². The first-order valence-corrected chi connectivity index (χ1v) is 11.2. The van der Waals surface area contributed by atoms with Gasteiger partial charge in [-0.15, -0.1) is 0 Å². The molecule has 2 heterocycles. The molecule has 0 saturated carbocycles. The summed E-state index contributed by atoms with van der Waals surface area (Å²) in [5.41, 5.74) is 6.93. The number of sulfone groups is 1. The first-order valence-electron chi connectivity index (χ1n) is 9.36. The zero-order valence-corrected chi connectivity index (χ0v) is 17.9. The van der Waals surface area contributed by atoms with Gasteiger partial charge in [-0.05, 0) is 24.3 Å². The number of nitrogen functional groups attached to an aromatic ring is 1. The Bertz CT molecular complexity index is 1520. The molecular formula is C22H17FN6O2S. The average Bonchev–Trinajstić information content (AvgIpc) is 2.77. The van der Waals surface area contributed by atoms with Crippen molar-refractivity contribution in [3.63, 3.8) is 0 Å². The number of nitrogens with two attached hydrogens (primary N) is 1. The molecule has 0 spiro atoms. The molecule has 2 aromatic carbocycles. The van der Waals surface area contributed by atoms with Gasteiger partial charge in [0.2, 0.25) is 5.95 Å². The van der Waals surface area contributed by atoms with Gasteiger partial charge in [-0.1, -0.05) is 24.3 Å². The Balaban J connectivity index is 2.09. The van der Waals surface area contributed by atoms with Gasteiger partial charge in [0.25, 0.3) is 0 Å². The van der Waals surface area contributed by atoms with Crippen molar-refractivity contribution in [2.75, 3.05) is 23.9 Å². The van der Waals surface area contributed by atoms with Gasteiger partial charge in [0.05, 0.1) is 16.6 Å². The van der Waals surface area contributed by atoms with Crippen molar-refractivity contribution in [3.05, 3.63) is 66.1 Å². The number of hydrogen-bond acceptors (Lipinski definition) is 8. The minimum Gasteiger partial charge on any atom is -0.368 e. The first kappa shape index (κ1) is 21.1. The standard InChI is InChI=1S/C22H17FN6O2S/c1-29(20-13(11-24)12-26-22(25)28-20)21-15(10-16-17(23)7-5-8-18(16)27-21)14-6-3-4-9-19(14)32(2,30)31/h3-10,12H,1-2H3,(H2,25,26,28). The van der Waals surface area contributed by atoms with Crippen molar-refractivity contribution in [1.82, 2.24) is 15.0 Å². The number of benzene rings is 2. The van der Waals surface area contributed by atoms with Crippen LogP contribution in [0.25, 0.3) is 22.0 Å². The third-order valence-corrected chi connectivity index (χ3v) is 6.06. The van der Waals surface area contributed by atoms with Crippen molar-refractivity contribution in [2.45, 2.75) is 4.90 Å². The highest BCUT2D eigenvalue weighted by Crippen LogP contribution is 2.38. The molecule has 0 aliphatic rings. The summed E-state index contributed by atoms with van der Waals surface area (Å²) in [5, 5.41) is 9.73. The lowest BCUT2D eigenvalue weighted by Gasteiger charge is -2.23. The molecule has 4 rings (SSSR count). The van der Waals surface area contributed by atoms with Gasteiger partial charge in [0, 0.05) is 29.8 Å². The number of rotatable bonds is 4. The van der Waals surface area contributed by atoms with E-state index in [4.69, 9.17) is 5.73 Å². The second-order valence-electron chi connectivity index (χ2n) is 7.07. The normalized spacial score (nSPS) is 11.3. The Kier molecular flexibility index (Phi) is 5.20. The quantitative estimate of drug-likeness (QED) is 0.503. The summed E-state index contributed by atoms with van der Waals surface area (Å²) < 4.78 is 39.5. The monoisotopic (exact) mass is 448 g/mol. The molecule has 0 unspecified atom stereocenters. The van der Waals surface area contributed by atoms with E-state index in [0.29, 0.717) is 16.6 Å². The van der Waals surface area contributed by atoms with Crippen molar-refractivity contribution in [3.8, 4) is 17.2 Å². The van der Waals surface area contributed by atoms with Crippen LogP contribution in [0.15, 0.2) is 59.6 Å². The molecule has 0 saturated heterocycles. The number of halogens is 1. The van der Waals surface area contributed by atoms with Crippen molar-refractivity contribution in [1.29, 1.82) is 5.26 Å². The zero-order valence-electron chi connectivity index (χ0n) is 17.1. The predicted molar refractivity (Wildman–Crippen MR) is 119 cm³/mol. The van der Waals surface area contributed by atoms with Crippen molar-refractivity contribution >= 4 is 38.3 Å². The van der Waals surface area contributed by atoms with E-state index in [1.807, 2.05) is 6.07 Å². The van der Waals surface area contributed by atoms with Crippen LogP contribution in [0.3, 0.4) is 0 Å². The third-order valence-electron chi connectivity index (χ3n) is 4.91. The summed E-state index contributed by atoms with van der Waals surface area (Å²) in [6.07, 6.45) is 2.39. The Morgan fingerprint density at radius 2 is 1.81 bits per heavy atom. The molecule has 0 bridgehead atoms. The smallest absolute Gasteiger partial charge is 0.222 e. The summed E-state index contributed by atoms with van der Waals surface area (Å²) >= 11 is 0. The van der Waals surface area contributed by atoms with Gasteiger partial charge in [-0.25, -0.2) is 22.8 Å². The molecule has 2 N–H and O–H groups in total. The zero-order chi connectivity index (χ0) is 23.0. The SMILES string of the molecule is CN(c1nc(N)ncc1C#N)c1nc2cccc(F)c2cc1-c1ccccc1S(C)(=O)=O. The Hall–Kier alpha value is -4.10. The fourth-order valence-corrected chi connectivity index (χ4v) is 4.34. The van der Waals surface area contributed by atoms with Crippen LogP contribution < -0.4 is 10.6 Å². The summed E-state index contributed by atoms with van der Waals surface area (Å²) in [7, 11) is -2.00. The summed E-state index contributed by atoms with van der Waals surface area (Å²) in [6, 6.07) is 14.4. The Morgan fingerprint density at radius 1 is 1.06 bits per heavy atom. The van der Waals surface area contributed by atoms with E-state index in [2.05, 4.69) is 15.0 Å². The summed E-state index contributed by atoms with van der Waals surface area (Å²) in [4.78, 5) is 14.2. The van der Waals surface area contributed by atoms with Crippen LogP contribution in [0, 0.1) is 17.1 Å². The lowest BCUT2D eigenvalue weighted by molar-refractivity contribution is 0.602. The molecule has 0 aliphatic heterocycles. The number of nitrogens with zero attached hydrogens (tertiary/aromatic N) is 5. The maximum atomic E-state index is 14.6. The van der Waals surface area contributed by atoms with E-state index in [1.54, 1.807) is 37.4 Å². The molecule has 2 aromatic heterocycles. The fraction of sp³-hybridized carbons (Fsp3) is 0.0909. The minimum absolute atomic E-state index is 0.0456. The molecular weight excluding hydrogens is 431 g/mol. The van der Waals surface area contributed by atoms with E-state index in [9.17, 15) is 18.1 Å². The molecule has 0 fully saturated rings. The van der Waals surface area contributed by atoms with Crippen molar-refractivity contribution in [2.24, 2.45) is 0 Å². The van der Waals surface area contributed by atoms with E-state index in [0.717, 1.165) is 6.26 Å². The Labute approximate surface area is 183 Å². The lowest BCUT2D eigenvalue weighted by atomic mass is 10.0. The Morgan fingerprint density at radius 3 is 2.53 bits per heavy atom. The second-order valence-corrected chi connectivity index (χ2v) is 9.05. The van der Waals surface area contributed by atoms with Gasteiger partial charge >= 0.3 is 0 Å². The number of aromatic nitrogens is 3. The van der Waals surface area contributed by atoms with Crippen LogP contribution >= 0.6 is 0 Å². The third kappa shape index (κ3) is 3.70. The van der Waals surface area contributed by atoms with Crippen LogP contribution in [0.4, 0.5) is 22.0 Å². The first-order chi connectivity index (χ1) is 15.2. The van der Waals surface area contributed by atoms with Gasteiger partial charge in [0.15, 0.2) is 15.7 Å². The largest absolute Gasteiger partial charge is 0.368 e. The molecule has 0 aliphatic carbocycles. The maximum absolute atomic E-state index is 14.6. The number of fused-ring (bicyclic) bond motifs is 1. The number of hydrogen-bond donors (Lipinski definition) is 1. The average molecular weight is 448 g/mol. The molecule has 0 radical (unpaired) electrons. The van der Waals surface area contributed by atoms with Crippen LogP contribution in [0.2, 0.25) is 0 Å². The lowest BCUT2D eigenvalue weighted by Crippen LogP contribution is -2.17. The number of pyridine rings is 1. The summed E-state index contributed by atoms with van der Waals surface area (Å²) in [5.74, 6) is -0.0859. The van der Waals surface area contributed by atoms with Gasteiger partial charge < -0.3 is 10.6 Å². The molecule has 0 amide bonds. The number of anilines is 3. The molecule has 8 nitrogen and oxygen atoms in total. The van der Waals surface area contributed by atoms with Gasteiger partial charge in [-0.3, -0.25) is 0 Å². The molecule has 32 heavy (non-hydrogen) atoms. The highest BCUT2D eigenvalue weighted by atomic mass is 32.2. The molecule has 0 atom stereocenters. The van der Waals surface area contributed by atoms with Crippen molar-refractivity contribution < 1.29 is 12.8 Å². The summed E-state index contributed by atoms with van der Waals surface area (Å²) in [6.45, 7) is 0. The highest BCUT2D eigenvalue weighted by molar-refractivity contribution is 7.90. The van der Waals surface area contributed by atoms with Gasteiger partial charge in [0.1, 0.15) is 23.3 Å². The van der Waals surface area contributed by atoms with E-state index in [-0.39, 0.29) is 33.4 Å².